The molecule has 0 saturated carbocycles. The highest BCUT2D eigenvalue weighted by atomic mass is 19.4. The first kappa shape index (κ1) is 18.4. The molecule has 0 saturated heterocycles. The molecule has 0 aliphatic heterocycles. The predicted octanol–water partition coefficient (Wildman–Crippen LogP) is 3.85. The van der Waals surface area contributed by atoms with E-state index in [1.54, 1.807) is 0 Å². The molecule has 5 nitrogen and oxygen atoms in total. The maximum absolute atomic E-state index is 13.1. The minimum absolute atomic E-state index is 0.292. The van der Waals surface area contributed by atoms with Crippen molar-refractivity contribution in [2.75, 3.05) is 22.9 Å². The quantitative estimate of drug-likeness (QED) is 0.476. The molecule has 0 amide bonds. The van der Waals surface area contributed by atoms with Gasteiger partial charge in [0.2, 0.25) is 0 Å². The zero-order valence-electron chi connectivity index (χ0n) is 12.3. The molecule has 2 rings (SSSR count). The smallest absolute Gasteiger partial charge is 0.420 e. The van der Waals surface area contributed by atoms with Crippen LogP contribution in [-0.2, 0) is 12.4 Å². The second kappa shape index (κ2) is 5.83. The molecular formula is C14H12F6N4O. The topological polar surface area (TPSA) is 113 Å². The lowest BCUT2D eigenvalue weighted by Gasteiger charge is -2.19. The van der Waals surface area contributed by atoms with E-state index in [1.165, 1.54) is 0 Å². The number of rotatable bonds is 2. The minimum Gasteiger partial charge on any atom is -0.456 e. The van der Waals surface area contributed by atoms with Crippen LogP contribution in [-0.4, -0.2) is 0 Å². The van der Waals surface area contributed by atoms with E-state index in [4.69, 9.17) is 27.7 Å². The third kappa shape index (κ3) is 3.75. The molecule has 25 heavy (non-hydrogen) atoms. The van der Waals surface area contributed by atoms with E-state index < -0.39 is 46.4 Å². The fraction of sp³-hybridized carbons (Fsp3) is 0.143. The number of nitrogens with two attached hydrogens (primary N) is 4. The lowest BCUT2D eigenvalue weighted by molar-refractivity contribution is -0.139. The molecule has 0 radical (unpaired) electrons. The normalized spacial score (nSPS) is 12.2. The first-order valence-electron chi connectivity index (χ1n) is 6.51. The van der Waals surface area contributed by atoms with Gasteiger partial charge in [-0.15, -0.1) is 0 Å². The summed E-state index contributed by atoms with van der Waals surface area (Å²) in [7, 11) is 0. The van der Waals surface area contributed by atoms with Gasteiger partial charge in [-0.05, 0) is 12.1 Å². The number of ether oxygens (including phenoxy) is 1. The van der Waals surface area contributed by atoms with Gasteiger partial charge in [0.05, 0.1) is 22.7 Å². The largest absolute Gasteiger partial charge is 0.456 e. The van der Waals surface area contributed by atoms with Crippen LogP contribution in [0.2, 0.25) is 0 Å². The number of benzene rings is 2. The highest BCUT2D eigenvalue weighted by molar-refractivity contribution is 5.70. The van der Waals surface area contributed by atoms with Crippen molar-refractivity contribution in [3.63, 3.8) is 0 Å². The Bertz CT molecular complexity index is 749. The van der Waals surface area contributed by atoms with Crippen LogP contribution in [0.4, 0.5) is 49.1 Å². The zero-order valence-corrected chi connectivity index (χ0v) is 12.3. The number of alkyl halides is 6. The standard InChI is InChI=1S/C14H12F6N4O/c15-13(16,17)5-1-7(21)9(23)3-11(5)25-12-4-10(24)8(22)2-6(12)14(18,19)20/h1-4H,21-24H2. The first-order chi connectivity index (χ1) is 11.3. The van der Waals surface area contributed by atoms with Crippen LogP contribution in [0.1, 0.15) is 11.1 Å². The average Bonchev–Trinajstić information content (AvgIpc) is 2.43. The lowest BCUT2D eigenvalue weighted by Crippen LogP contribution is -2.12. The minimum atomic E-state index is -4.94. The molecular weight excluding hydrogens is 354 g/mol. The van der Waals surface area contributed by atoms with Gasteiger partial charge < -0.3 is 27.7 Å². The third-order valence-corrected chi connectivity index (χ3v) is 3.20. The summed E-state index contributed by atoms with van der Waals surface area (Å²) >= 11 is 0. The summed E-state index contributed by atoms with van der Waals surface area (Å²) in [6.45, 7) is 0. The molecule has 0 bridgehead atoms. The van der Waals surface area contributed by atoms with Crippen molar-refractivity contribution in [3.8, 4) is 11.5 Å². The van der Waals surface area contributed by atoms with Crippen LogP contribution in [0.15, 0.2) is 24.3 Å². The van der Waals surface area contributed by atoms with Crippen molar-refractivity contribution in [2.45, 2.75) is 12.4 Å². The van der Waals surface area contributed by atoms with Crippen molar-refractivity contribution in [1.82, 2.24) is 0 Å². The van der Waals surface area contributed by atoms with Gasteiger partial charge in [-0.2, -0.15) is 26.3 Å². The van der Waals surface area contributed by atoms with E-state index in [0.717, 1.165) is 0 Å². The molecule has 0 fully saturated rings. The number of hydrogen-bond acceptors (Lipinski definition) is 5. The van der Waals surface area contributed by atoms with Crippen LogP contribution in [0.5, 0.6) is 11.5 Å². The van der Waals surface area contributed by atoms with Crippen LogP contribution in [0, 0.1) is 0 Å². The van der Waals surface area contributed by atoms with Crippen LogP contribution < -0.4 is 27.7 Å². The number of hydrogen-bond donors (Lipinski definition) is 4. The van der Waals surface area contributed by atoms with Gasteiger partial charge in [0.25, 0.3) is 0 Å². The molecule has 11 heteroatoms. The van der Waals surface area contributed by atoms with Crippen molar-refractivity contribution in [3.05, 3.63) is 35.4 Å². The second-order valence-corrected chi connectivity index (χ2v) is 5.05. The van der Waals surface area contributed by atoms with Crippen LogP contribution in [0.3, 0.4) is 0 Å². The van der Waals surface area contributed by atoms with E-state index in [0.29, 0.717) is 24.3 Å². The van der Waals surface area contributed by atoms with Crippen molar-refractivity contribution >= 4 is 22.7 Å². The molecule has 0 heterocycles. The molecule has 0 unspecified atom stereocenters. The maximum Gasteiger partial charge on any atom is 0.420 e. The summed E-state index contributed by atoms with van der Waals surface area (Å²) in [6, 6.07) is 2.31. The molecule has 0 aliphatic carbocycles. The van der Waals surface area contributed by atoms with E-state index in [-0.39, 0.29) is 11.4 Å². The SMILES string of the molecule is Nc1cc(Oc2cc(N)c(N)cc2C(F)(F)F)c(C(F)(F)F)cc1N. The number of nitrogen functional groups attached to an aromatic ring is 4. The fourth-order valence-electron chi connectivity index (χ4n) is 1.95. The summed E-state index contributed by atoms with van der Waals surface area (Å²) in [5.74, 6) is -1.90. The number of halogens is 6. The third-order valence-electron chi connectivity index (χ3n) is 3.20. The Hall–Kier alpha value is -2.98. The molecule has 0 atom stereocenters. The molecule has 0 aromatic heterocycles. The Kier molecular flexibility index (Phi) is 4.28. The van der Waals surface area contributed by atoms with Crippen molar-refractivity contribution in [1.29, 1.82) is 0 Å². The zero-order chi connectivity index (χ0) is 19.2. The van der Waals surface area contributed by atoms with Crippen LogP contribution in [0.25, 0.3) is 0 Å². The average molecular weight is 366 g/mol. The van der Waals surface area contributed by atoms with Gasteiger partial charge in [0.1, 0.15) is 22.6 Å². The molecule has 2 aromatic carbocycles. The summed E-state index contributed by atoms with van der Waals surface area (Å²) in [5.41, 5.74) is 17.4. The predicted molar refractivity (Wildman–Crippen MR) is 80.6 cm³/mol. The summed E-state index contributed by atoms with van der Waals surface area (Å²) < 4.78 is 83.4. The van der Waals surface area contributed by atoms with Gasteiger partial charge in [-0.3, -0.25) is 0 Å². The Morgan fingerprint density at radius 2 is 0.840 bits per heavy atom. The van der Waals surface area contributed by atoms with Gasteiger partial charge in [-0.25, -0.2) is 0 Å². The number of anilines is 4. The summed E-state index contributed by atoms with van der Waals surface area (Å²) in [5, 5.41) is 0. The Balaban J connectivity index is 2.65. The monoisotopic (exact) mass is 366 g/mol. The van der Waals surface area contributed by atoms with Crippen molar-refractivity contribution < 1.29 is 31.1 Å². The highest BCUT2D eigenvalue weighted by Gasteiger charge is 2.38. The van der Waals surface area contributed by atoms with Gasteiger partial charge >= 0.3 is 12.4 Å². The Morgan fingerprint density at radius 3 is 1.12 bits per heavy atom. The molecule has 2 aromatic rings. The second-order valence-electron chi connectivity index (χ2n) is 5.05. The first-order valence-corrected chi connectivity index (χ1v) is 6.51. The van der Waals surface area contributed by atoms with Gasteiger partial charge in [0.15, 0.2) is 0 Å². The summed E-state index contributed by atoms with van der Waals surface area (Å²) in [4.78, 5) is 0. The van der Waals surface area contributed by atoms with E-state index in [2.05, 4.69) is 0 Å². The Labute approximate surface area is 137 Å². The molecule has 0 aliphatic rings. The van der Waals surface area contributed by atoms with Crippen LogP contribution >= 0.6 is 0 Å². The highest BCUT2D eigenvalue weighted by Crippen LogP contribution is 2.45. The fourth-order valence-corrected chi connectivity index (χ4v) is 1.95. The lowest BCUT2D eigenvalue weighted by atomic mass is 10.1. The Morgan fingerprint density at radius 1 is 0.560 bits per heavy atom. The van der Waals surface area contributed by atoms with Crippen molar-refractivity contribution in [2.24, 2.45) is 0 Å². The maximum atomic E-state index is 13.1. The van der Waals surface area contributed by atoms with E-state index in [1.807, 2.05) is 0 Å². The van der Waals surface area contributed by atoms with E-state index in [9.17, 15) is 26.3 Å². The molecule has 136 valence electrons. The molecule has 0 spiro atoms. The van der Waals surface area contributed by atoms with E-state index >= 15 is 0 Å². The van der Waals surface area contributed by atoms with Gasteiger partial charge in [-0.1, -0.05) is 0 Å². The summed E-state index contributed by atoms with van der Waals surface area (Å²) in [6.07, 6.45) is -9.87. The van der Waals surface area contributed by atoms with Gasteiger partial charge in [0, 0.05) is 12.1 Å². The molecule has 8 N–H and O–H groups in total.